The molecule has 2 amide bonds. The molecule has 2 atom stereocenters. The highest BCUT2D eigenvalue weighted by Crippen LogP contribution is 2.28. The standard InChI is InChI=1S/C17H24N2O2/c1-12(17(2,3)4)10-19-11-14(20)18-15(16(19)21)13-8-6-5-7-9-13/h5-9,12,15H,10-11H2,1-4H3,(H,18,20). The first-order valence-electron chi connectivity index (χ1n) is 7.42. The Bertz CT molecular complexity index is 519. The summed E-state index contributed by atoms with van der Waals surface area (Å²) in [5.74, 6) is 0.213. The molecule has 1 saturated heterocycles. The maximum atomic E-state index is 12.6. The smallest absolute Gasteiger partial charge is 0.250 e. The lowest BCUT2D eigenvalue weighted by Crippen LogP contribution is -2.55. The van der Waals surface area contributed by atoms with Gasteiger partial charge in [-0.05, 0) is 16.9 Å². The van der Waals surface area contributed by atoms with Gasteiger partial charge < -0.3 is 10.2 Å². The van der Waals surface area contributed by atoms with E-state index < -0.39 is 6.04 Å². The Morgan fingerprint density at radius 3 is 2.43 bits per heavy atom. The largest absolute Gasteiger partial charge is 0.339 e. The Hall–Kier alpha value is -1.84. The minimum atomic E-state index is -0.556. The summed E-state index contributed by atoms with van der Waals surface area (Å²) >= 11 is 0. The molecule has 0 aromatic heterocycles. The van der Waals surface area contributed by atoms with Gasteiger partial charge in [-0.3, -0.25) is 9.59 Å². The fourth-order valence-corrected chi connectivity index (χ4v) is 2.33. The molecule has 114 valence electrons. The molecule has 1 N–H and O–H groups in total. The summed E-state index contributed by atoms with van der Waals surface area (Å²) in [6.45, 7) is 9.35. The van der Waals surface area contributed by atoms with Crippen molar-refractivity contribution in [2.24, 2.45) is 11.3 Å². The van der Waals surface area contributed by atoms with Gasteiger partial charge >= 0.3 is 0 Å². The summed E-state index contributed by atoms with van der Waals surface area (Å²) in [6.07, 6.45) is 0. The van der Waals surface area contributed by atoms with Crippen LogP contribution < -0.4 is 5.32 Å². The van der Waals surface area contributed by atoms with Crippen molar-refractivity contribution < 1.29 is 9.59 Å². The van der Waals surface area contributed by atoms with Crippen LogP contribution in [0, 0.1) is 11.3 Å². The third kappa shape index (κ3) is 3.63. The van der Waals surface area contributed by atoms with Gasteiger partial charge in [0.05, 0.1) is 6.54 Å². The lowest BCUT2D eigenvalue weighted by Gasteiger charge is -2.37. The summed E-state index contributed by atoms with van der Waals surface area (Å²) in [7, 11) is 0. The zero-order chi connectivity index (χ0) is 15.6. The van der Waals surface area contributed by atoms with E-state index >= 15 is 0 Å². The van der Waals surface area contributed by atoms with Crippen LogP contribution in [-0.2, 0) is 9.59 Å². The minimum Gasteiger partial charge on any atom is -0.339 e. The van der Waals surface area contributed by atoms with E-state index in [0.29, 0.717) is 12.5 Å². The molecule has 1 aromatic carbocycles. The summed E-state index contributed by atoms with van der Waals surface area (Å²) in [6, 6.07) is 8.85. The van der Waals surface area contributed by atoms with Crippen molar-refractivity contribution >= 4 is 11.8 Å². The van der Waals surface area contributed by atoms with Gasteiger partial charge in [0.25, 0.3) is 0 Å². The second-order valence-corrected chi connectivity index (χ2v) is 6.90. The normalized spacial score (nSPS) is 21.1. The topological polar surface area (TPSA) is 49.4 Å². The molecule has 1 aromatic rings. The lowest BCUT2D eigenvalue weighted by molar-refractivity contribution is -0.145. The van der Waals surface area contributed by atoms with E-state index in [1.165, 1.54) is 0 Å². The van der Waals surface area contributed by atoms with Crippen molar-refractivity contribution in [3.63, 3.8) is 0 Å². The fraction of sp³-hybridized carbons (Fsp3) is 0.529. The third-order valence-electron chi connectivity index (χ3n) is 4.30. The van der Waals surface area contributed by atoms with Crippen molar-refractivity contribution in [3.05, 3.63) is 35.9 Å². The maximum absolute atomic E-state index is 12.6. The zero-order valence-corrected chi connectivity index (χ0v) is 13.2. The van der Waals surface area contributed by atoms with Crippen LogP contribution in [0.5, 0.6) is 0 Å². The first-order valence-corrected chi connectivity index (χ1v) is 7.42. The number of carbonyl (C=O) groups excluding carboxylic acids is 2. The highest BCUT2D eigenvalue weighted by atomic mass is 16.2. The minimum absolute atomic E-state index is 0.0168. The fourth-order valence-electron chi connectivity index (χ4n) is 2.33. The van der Waals surface area contributed by atoms with Crippen molar-refractivity contribution in [3.8, 4) is 0 Å². The van der Waals surface area contributed by atoms with Crippen molar-refractivity contribution in [2.45, 2.75) is 33.7 Å². The van der Waals surface area contributed by atoms with E-state index in [4.69, 9.17) is 0 Å². The predicted octanol–water partition coefficient (Wildman–Crippen LogP) is 2.37. The van der Waals surface area contributed by atoms with E-state index in [1.807, 2.05) is 30.3 Å². The van der Waals surface area contributed by atoms with Gasteiger partial charge in [0.2, 0.25) is 11.8 Å². The summed E-state index contributed by atoms with van der Waals surface area (Å²) in [5.41, 5.74) is 0.945. The number of carbonyl (C=O) groups is 2. The molecule has 1 heterocycles. The van der Waals surface area contributed by atoms with Gasteiger partial charge in [-0.25, -0.2) is 0 Å². The average molecular weight is 288 g/mol. The molecule has 0 bridgehead atoms. The molecule has 2 rings (SSSR count). The summed E-state index contributed by atoms with van der Waals surface area (Å²) < 4.78 is 0. The molecule has 2 unspecified atom stereocenters. The number of piperazine rings is 1. The second kappa shape index (κ2) is 5.88. The van der Waals surface area contributed by atoms with E-state index in [0.717, 1.165) is 5.56 Å². The van der Waals surface area contributed by atoms with E-state index in [9.17, 15) is 9.59 Å². The lowest BCUT2D eigenvalue weighted by atomic mass is 9.81. The maximum Gasteiger partial charge on any atom is 0.250 e. The molecule has 1 aliphatic rings. The van der Waals surface area contributed by atoms with E-state index in [-0.39, 0.29) is 23.8 Å². The number of benzene rings is 1. The third-order valence-corrected chi connectivity index (χ3v) is 4.30. The summed E-state index contributed by atoms with van der Waals surface area (Å²) in [4.78, 5) is 26.3. The van der Waals surface area contributed by atoms with Crippen LogP contribution in [-0.4, -0.2) is 29.8 Å². The van der Waals surface area contributed by atoms with Crippen molar-refractivity contribution in [1.82, 2.24) is 10.2 Å². The number of nitrogens with zero attached hydrogens (tertiary/aromatic N) is 1. The Labute approximate surface area is 126 Å². The number of hydrogen-bond acceptors (Lipinski definition) is 2. The number of rotatable bonds is 3. The first-order chi connectivity index (χ1) is 9.79. The van der Waals surface area contributed by atoms with Crippen LogP contribution in [0.4, 0.5) is 0 Å². The Kier molecular flexibility index (Phi) is 4.35. The molecule has 4 nitrogen and oxygen atoms in total. The van der Waals surface area contributed by atoms with Crippen LogP contribution >= 0.6 is 0 Å². The number of nitrogens with one attached hydrogen (secondary N) is 1. The Balaban J connectivity index is 2.17. The van der Waals surface area contributed by atoms with E-state index in [1.54, 1.807) is 4.90 Å². The van der Waals surface area contributed by atoms with Gasteiger partial charge in [0.1, 0.15) is 6.04 Å². The molecule has 21 heavy (non-hydrogen) atoms. The zero-order valence-electron chi connectivity index (χ0n) is 13.2. The monoisotopic (exact) mass is 288 g/mol. The van der Waals surface area contributed by atoms with Crippen LogP contribution in [0.15, 0.2) is 30.3 Å². The Morgan fingerprint density at radius 2 is 1.86 bits per heavy atom. The van der Waals surface area contributed by atoms with Gasteiger partial charge in [-0.1, -0.05) is 58.0 Å². The van der Waals surface area contributed by atoms with Crippen molar-refractivity contribution in [2.75, 3.05) is 13.1 Å². The SMILES string of the molecule is CC(CN1CC(=O)NC(c2ccccc2)C1=O)C(C)(C)C. The quantitative estimate of drug-likeness (QED) is 0.928. The predicted molar refractivity (Wildman–Crippen MR) is 82.5 cm³/mol. The first kappa shape index (κ1) is 15.5. The second-order valence-electron chi connectivity index (χ2n) is 6.90. The van der Waals surface area contributed by atoms with Crippen LogP contribution in [0.25, 0.3) is 0 Å². The van der Waals surface area contributed by atoms with Gasteiger partial charge in [-0.2, -0.15) is 0 Å². The average Bonchev–Trinajstić information content (AvgIpc) is 2.42. The molecule has 4 heteroatoms. The molecular formula is C17H24N2O2. The number of amides is 2. The Morgan fingerprint density at radius 1 is 1.24 bits per heavy atom. The number of hydrogen-bond donors (Lipinski definition) is 1. The highest BCUT2D eigenvalue weighted by molar-refractivity contribution is 5.95. The van der Waals surface area contributed by atoms with Crippen LogP contribution in [0.3, 0.4) is 0 Å². The van der Waals surface area contributed by atoms with Crippen LogP contribution in [0.1, 0.15) is 39.3 Å². The molecule has 0 saturated carbocycles. The molecule has 1 aliphatic heterocycles. The van der Waals surface area contributed by atoms with Gasteiger partial charge in [0.15, 0.2) is 0 Å². The molecule has 0 spiro atoms. The molecule has 1 fully saturated rings. The van der Waals surface area contributed by atoms with Gasteiger partial charge in [-0.15, -0.1) is 0 Å². The van der Waals surface area contributed by atoms with Crippen LogP contribution in [0.2, 0.25) is 0 Å². The molecule has 0 radical (unpaired) electrons. The van der Waals surface area contributed by atoms with Gasteiger partial charge in [0, 0.05) is 6.54 Å². The van der Waals surface area contributed by atoms with Crippen molar-refractivity contribution in [1.29, 1.82) is 0 Å². The highest BCUT2D eigenvalue weighted by Gasteiger charge is 2.35. The summed E-state index contributed by atoms with van der Waals surface area (Å²) in [5, 5.41) is 2.79. The molecular weight excluding hydrogens is 264 g/mol. The van der Waals surface area contributed by atoms with E-state index in [2.05, 4.69) is 33.0 Å². The molecule has 0 aliphatic carbocycles.